The monoisotopic (exact) mass is 345 g/mol. The lowest BCUT2D eigenvalue weighted by molar-refractivity contribution is 0.354. The van der Waals surface area contributed by atoms with Crippen LogP contribution in [0.2, 0.25) is 0 Å². The van der Waals surface area contributed by atoms with Crippen molar-refractivity contribution in [1.29, 1.82) is 0 Å². The second-order valence-corrected chi connectivity index (χ2v) is 6.13. The highest BCUT2D eigenvalue weighted by Gasteiger charge is 2.06. The van der Waals surface area contributed by atoms with Gasteiger partial charge in [0, 0.05) is 18.9 Å². The predicted octanol–water partition coefficient (Wildman–Crippen LogP) is 2.16. The van der Waals surface area contributed by atoms with E-state index in [1.54, 1.807) is 20.4 Å². The molecule has 1 aromatic heterocycles. The first-order chi connectivity index (χ1) is 12.0. The zero-order chi connectivity index (χ0) is 18.2. The summed E-state index contributed by atoms with van der Waals surface area (Å²) in [5.74, 6) is 3.26. The summed E-state index contributed by atoms with van der Waals surface area (Å²) >= 11 is 0. The van der Waals surface area contributed by atoms with Gasteiger partial charge in [0.25, 0.3) is 0 Å². The number of benzene rings is 1. The Morgan fingerprint density at radius 2 is 2.04 bits per heavy atom. The maximum Gasteiger partial charge on any atom is 0.189 e. The fraction of sp³-hybridized carbons (Fsp3) is 0.444. The van der Waals surface area contributed by atoms with Crippen molar-refractivity contribution in [3.05, 3.63) is 42.0 Å². The number of imidazole rings is 1. The molecule has 0 atom stereocenters. The molecule has 0 aliphatic rings. The van der Waals surface area contributed by atoms with Crippen LogP contribution in [0.4, 0.5) is 0 Å². The number of aromatic nitrogens is 2. The van der Waals surface area contributed by atoms with Gasteiger partial charge in [0.2, 0.25) is 0 Å². The average molecular weight is 345 g/mol. The van der Waals surface area contributed by atoms with Gasteiger partial charge in [-0.15, -0.1) is 0 Å². The summed E-state index contributed by atoms with van der Waals surface area (Å²) in [5.41, 5.74) is 6.95. The van der Waals surface area contributed by atoms with Gasteiger partial charge in [-0.1, -0.05) is 19.9 Å². The zero-order valence-electron chi connectivity index (χ0n) is 15.3. The summed E-state index contributed by atoms with van der Waals surface area (Å²) in [7, 11) is 3.22. The third-order valence-corrected chi connectivity index (χ3v) is 3.67. The fourth-order valence-corrected chi connectivity index (χ4v) is 2.45. The molecule has 7 nitrogen and oxygen atoms in total. The second-order valence-electron chi connectivity index (χ2n) is 6.13. The highest BCUT2D eigenvalue weighted by atomic mass is 16.5. The first kappa shape index (κ1) is 18.6. The molecule has 1 heterocycles. The molecule has 2 rings (SSSR count). The Labute approximate surface area is 148 Å². The highest BCUT2D eigenvalue weighted by Crippen LogP contribution is 2.27. The Bertz CT molecular complexity index is 709. The van der Waals surface area contributed by atoms with Gasteiger partial charge < -0.3 is 25.1 Å². The topological polar surface area (TPSA) is 86.7 Å². The molecule has 1 aromatic carbocycles. The van der Waals surface area contributed by atoms with Gasteiger partial charge in [0.1, 0.15) is 5.82 Å². The molecular weight excluding hydrogens is 318 g/mol. The number of hydrogen-bond acceptors (Lipinski definition) is 4. The van der Waals surface area contributed by atoms with E-state index in [0.29, 0.717) is 36.5 Å². The number of methoxy groups -OCH3 is 2. The first-order valence-electron chi connectivity index (χ1n) is 8.28. The van der Waals surface area contributed by atoms with E-state index in [9.17, 15) is 0 Å². The van der Waals surface area contributed by atoms with Crippen molar-refractivity contribution in [2.45, 2.75) is 33.5 Å². The number of hydrogen-bond donors (Lipinski definition) is 2. The van der Waals surface area contributed by atoms with E-state index in [0.717, 1.165) is 17.9 Å². The van der Waals surface area contributed by atoms with E-state index in [-0.39, 0.29) is 0 Å². The molecule has 0 saturated carbocycles. The molecule has 0 bridgehead atoms. The molecular formula is C18H27N5O2. The van der Waals surface area contributed by atoms with Crippen LogP contribution < -0.4 is 20.5 Å². The van der Waals surface area contributed by atoms with Gasteiger partial charge in [0.15, 0.2) is 17.5 Å². The maximum absolute atomic E-state index is 5.96. The minimum atomic E-state index is 0.383. The number of nitrogens with one attached hydrogen (secondary N) is 1. The van der Waals surface area contributed by atoms with Crippen molar-refractivity contribution >= 4 is 5.96 Å². The molecule has 136 valence electrons. The Kier molecular flexibility index (Phi) is 6.68. The smallest absolute Gasteiger partial charge is 0.189 e. The van der Waals surface area contributed by atoms with Crippen molar-refractivity contribution < 1.29 is 9.47 Å². The third kappa shape index (κ3) is 5.41. The summed E-state index contributed by atoms with van der Waals surface area (Å²) in [6.45, 7) is 6.28. The molecule has 2 aromatic rings. The lowest BCUT2D eigenvalue weighted by atomic mass is 10.2. The van der Waals surface area contributed by atoms with Crippen molar-refractivity contribution in [1.82, 2.24) is 14.9 Å². The average Bonchev–Trinajstić information content (AvgIpc) is 3.04. The molecule has 3 N–H and O–H groups in total. The molecule has 0 saturated heterocycles. The normalized spacial score (nSPS) is 11.6. The number of ether oxygens (including phenoxy) is 2. The van der Waals surface area contributed by atoms with E-state index in [2.05, 4.69) is 33.7 Å². The first-order valence-corrected chi connectivity index (χ1v) is 8.28. The van der Waals surface area contributed by atoms with Gasteiger partial charge in [0.05, 0.1) is 27.3 Å². The fourth-order valence-electron chi connectivity index (χ4n) is 2.45. The van der Waals surface area contributed by atoms with Crippen molar-refractivity contribution in [2.24, 2.45) is 16.6 Å². The zero-order valence-corrected chi connectivity index (χ0v) is 15.3. The number of nitrogens with two attached hydrogens (primary N) is 1. The van der Waals surface area contributed by atoms with Crippen LogP contribution in [-0.4, -0.2) is 29.7 Å². The van der Waals surface area contributed by atoms with Crippen LogP contribution in [0, 0.1) is 5.92 Å². The van der Waals surface area contributed by atoms with Crippen LogP contribution in [0.5, 0.6) is 11.5 Å². The van der Waals surface area contributed by atoms with Crippen molar-refractivity contribution in [3.63, 3.8) is 0 Å². The van der Waals surface area contributed by atoms with Crippen LogP contribution in [-0.2, 0) is 19.6 Å². The lowest BCUT2D eigenvalue weighted by Gasteiger charge is -2.11. The number of rotatable bonds is 8. The van der Waals surface area contributed by atoms with Gasteiger partial charge in [-0.2, -0.15) is 0 Å². The lowest BCUT2D eigenvalue weighted by Crippen LogP contribution is -2.32. The summed E-state index contributed by atoms with van der Waals surface area (Å²) in [6.07, 6.45) is 3.78. The Morgan fingerprint density at radius 3 is 2.72 bits per heavy atom. The molecule has 0 radical (unpaired) electrons. The summed E-state index contributed by atoms with van der Waals surface area (Å²) in [5, 5.41) is 3.11. The van der Waals surface area contributed by atoms with Gasteiger partial charge in [-0.3, -0.25) is 0 Å². The van der Waals surface area contributed by atoms with E-state index < -0.39 is 0 Å². The Hall–Kier alpha value is -2.70. The number of nitrogens with zero attached hydrogens (tertiary/aromatic N) is 3. The molecule has 0 aliphatic heterocycles. The van der Waals surface area contributed by atoms with Crippen LogP contribution in [0.3, 0.4) is 0 Å². The third-order valence-electron chi connectivity index (χ3n) is 3.67. The van der Waals surface area contributed by atoms with Crippen LogP contribution in [0.1, 0.15) is 25.2 Å². The van der Waals surface area contributed by atoms with Gasteiger partial charge in [-0.25, -0.2) is 9.98 Å². The van der Waals surface area contributed by atoms with Crippen molar-refractivity contribution in [3.8, 4) is 11.5 Å². The van der Waals surface area contributed by atoms with E-state index in [4.69, 9.17) is 15.2 Å². The van der Waals surface area contributed by atoms with E-state index >= 15 is 0 Å². The van der Waals surface area contributed by atoms with Crippen LogP contribution >= 0.6 is 0 Å². The van der Waals surface area contributed by atoms with Crippen LogP contribution in [0.25, 0.3) is 0 Å². The quantitative estimate of drug-likeness (QED) is 0.565. The summed E-state index contributed by atoms with van der Waals surface area (Å²) < 4.78 is 12.6. The summed E-state index contributed by atoms with van der Waals surface area (Å²) in [6, 6.07) is 5.69. The molecule has 7 heteroatoms. The van der Waals surface area contributed by atoms with E-state index in [1.165, 1.54) is 0 Å². The predicted molar refractivity (Wildman–Crippen MR) is 98.8 cm³/mol. The molecule has 0 aliphatic carbocycles. The minimum absolute atomic E-state index is 0.383. The van der Waals surface area contributed by atoms with Crippen LogP contribution in [0.15, 0.2) is 35.6 Å². The van der Waals surface area contributed by atoms with Gasteiger partial charge in [-0.05, 0) is 23.6 Å². The molecule has 0 spiro atoms. The number of aliphatic imine (C=N–C) groups is 1. The largest absolute Gasteiger partial charge is 0.493 e. The van der Waals surface area contributed by atoms with E-state index in [1.807, 2.05) is 24.4 Å². The Morgan fingerprint density at radius 1 is 1.28 bits per heavy atom. The second kappa shape index (κ2) is 8.96. The number of guanidine groups is 1. The SMILES string of the molecule is COc1ccc(CN=C(N)NCc2nccn2CC(C)C)cc1OC. The highest BCUT2D eigenvalue weighted by molar-refractivity contribution is 5.77. The molecule has 0 unspecified atom stereocenters. The Balaban J connectivity index is 1.93. The van der Waals surface area contributed by atoms with Gasteiger partial charge >= 0.3 is 0 Å². The van der Waals surface area contributed by atoms with Crippen molar-refractivity contribution in [2.75, 3.05) is 14.2 Å². The standard InChI is InChI=1S/C18H27N5O2/c1-13(2)12-23-8-7-20-17(23)11-22-18(19)21-10-14-5-6-15(24-3)16(9-14)25-4/h5-9,13H,10-12H2,1-4H3,(H3,19,21,22). The molecule has 0 amide bonds. The molecule has 0 fully saturated rings. The summed E-state index contributed by atoms with van der Waals surface area (Å²) in [4.78, 5) is 8.73. The molecule has 25 heavy (non-hydrogen) atoms. The maximum atomic E-state index is 5.96. The minimum Gasteiger partial charge on any atom is -0.493 e.